The van der Waals surface area contributed by atoms with E-state index in [1.54, 1.807) is 6.92 Å². The van der Waals surface area contributed by atoms with Crippen molar-refractivity contribution >= 4 is 22.3 Å². The Morgan fingerprint density at radius 2 is 1.54 bits per heavy atom. The summed E-state index contributed by atoms with van der Waals surface area (Å²) in [7, 11) is 0. The highest BCUT2D eigenvalue weighted by Gasteiger charge is 2.20. The summed E-state index contributed by atoms with van der Waals surface area (Å²) in [5.41, 5.74) is 9.62. The number of aryl methyl sites for hydroxylation is 1. The minimum atomic E-state index is 0.0442. The lowest BCUT2D eigenvalue weighted by Crippen LogP contribution is -1.92. The first kappa shape index (κ1) is 17.8. The van der Waals surface area contributed by atoms with Crippen LogP contribution in [0.25, 0.3) is 27.9 Å². The Bertz CT molecular complexity index is 1220. The van der Waals surface area contributed by atoms with Gasteiger partial charge in [-0.15, -0.1) is 5.73 Å². The second kappa shape index (κ2) is 7.19. The molecule has 0 unspecified atom stereocenters. The minimum absolute atomic E-state index is 0.0442. The van der Waals surface area contributed by atoms with E-state index < -0.39 is 0 Å². The van der Waals surface area contributed by atoms with Crippen molar-refractivity contribution in [3.05, 3.63) is 107 Å². The van der Waals surface area contributed by atoms with E-state index in [1.165, 1.54) is 5.56 Å². The average Bonchev–Trinajstić information content (AvgIpc) is 3.09. The predicted molar refractivity (Wildman–Crippen MR) is 114 cm³/mol. The van der Waals surface area contributed by atoms with Crippen LogP contribution in [0.4, 0.5) is 0 Å². The van der Waals surface area contributed by atoms with Gasteiger partial charge in [0.25, 0.3) is 0 Å². The zero-order valence-electron chi connectivity index (χ0n) is 16.0. The Balaban J connectivity index is 1.96. The molecule has 0 fully saturated rings. The summed E-state index contributed by atoms with van der Waals surface area (Å²) in [6.45, 7) is 7.58. The summed E-state index contributed by atoms with van der Waals surface area (Å²) < 4.78 is 6.24. The number of rotatable bonds is 4. The number of ketones is 1. The van der Waals surface area contributed by atoms with Crippen LogP contribution in [0.3, 0.4) is 0 Å². The van der Waals surface area contributed by atoms with Crippen LogP contribution >= 0.6 is 0 Å². The van der Waals surface area contributed by atoms with Gasteiger partial charge >= 0.3 is 0 Å². The smallest absolute Gasteiger partial charge is 0.159 e. The van der Waals surface area contributed by atoms with Gasteiger partial charge in [0.15, 0.2) is 5.78 Å². The third kappa shape index (κ3) is 3.11. The summed E-state index contributed by atoms with van der Waals surface area (Å²) >= 11 is 0. The number of carbonyl (C=O) groups is 1. The van der Waals surface area contributed by atoms with E-state index in [4.69, 9.17) is 4.42 Å². The standard InChI is InChI=1S/C26H20O2/c1-4-22(20-11-9-17(2)10-12-20)25-23-7-5-6-8-24(23)28-26(25)21-15-13-19(14-16-21)18(3)27/h5-16H,1H2,2-3H3. The molecule has 4 rings (SSSR count). The number of Topliss-reactive ketones (excluding diaryl/α,β-unsaturated/α-hetero) is 1. The fourth-order valence-electron chi connectivity index (χ4n) is 3.41. The molecule has 0 aliphatic heterocycles. The fourth-order valence-corrected chi connectivity index (χ4v) is 3.41. The summed E-state index contributed by atoms with van der Waals surface area (Å²) in [4.78, 5) is 11.6. The molecular formula is C26H20O2. The molecule has 0 saturated heterocycles. The highest BCUT2D eigenvalue weighted by molar-refractivity contribution is 6.02. The molecule has 0 N–H and O–H groups in total. The van der Waals surface area contributed by atoms with Gasteiger partial charge in [-0.3, -0.25) is 4.79 Å². The van der Waals surface area contributed by atoms with Gasteiger partial charge in [-0.05, 0) is 25.5 Å². The molecule has 0 atom stereocenters. The van der Waals surface area contributed by atoms with Crippen LogP contribution in [-0.2, 0) is 0 Å². The topological polar surface area (TPSA) is 30.2 Å². The maximum absolute atomic E-state index is 11.6. The van der Waals surface area contributed by atoms with Gasteiger partial charge in [0.2, 0.25) is 0 Å². The lowest BCUT2D eigenvalue weighted by atomic mass is 9.93. The third-order valence-corrected chi connectivity index (χ3v) is 4.92. The molecule has 2 heteroatoms. The Morgan fingerprint density at radius 1 is 0.893 bits per heavy atom. The van der Waals surface area contributed by atoms with Crippen molar-refractivity contribution in [1.82, 2.24) is 0 Å². The molecule has 0 bridgehead atoms. The molecule has 0 spiro atoms. The maximum atomic E-state index is 11.6. The van der Waals surface area contributed by atoms with E-state index >= 15 is 0 Å². The molecule has 2 nitrogen and oxygen atoms in total. The Kier molecular flexibility index (Phi) is 4.57. The number of carbonyl (C=O) groups excluding carboxylic acids is 1. The van der Waals surface area contributed by atoms with Crippen LogP contribution in [-0.4, -0.2) is 5.78 Å². The van der Waals surface area contributed by atoms with Gasteiger partial charge in [0.1, 0.15) is 11.3 Å². The van der Waals surface area contributed by atoms with Crippen LogP contribution in [0.5, 0.6) is 0 Å². The van der Waals surface area contributed by atoms with E-state index in [0.717, 1.165) is 39.0 Å². The monoisotopic (exact) mass is 364 g/mol. The summed E-state index contributed by atoms with van der Waals surface area (Å²) in [5, 5.41) is 1.01. The Labute approximate surface area is 164 Å². The first-order valence-corrected chi connectivity index (χ1v) is 9.19. The summed E-state index contributed by atoms with van der Waals surface area (Å²) in [6, 6.07) is 23.8. The van der Waals surface area contributed by atoms with Gasteiger partial charge in [0.05, 0.1) is 0 Å². The molecule has 0 aliphatic carbocycles. The molecule has 0 amide bonds. The molecule has 1 heterocycles. The van der Waals surface area contributed by atoms with Crippen LogP contribution < -0.4 is 0 Å². The molecule has 3 aromatic carbocycles. The van der Waals surface area contributed by atoms with Gasteiger partial charge in [-0.2, -0.15) is 0 Å². The van der Waals surface area contributed by atoms with Crippen molar-refractivity contribution in [3.8, 4) is 11.3 Å². The summed E-state index contributed by atoms with van der Waals surface area (Å²) in [6.07, 6.45) is 0. The van der Waals surface area contributed by atoms with Crippen molar-refractivity contribution in [1.29, 1.82) is 0 Å². The maximum Gasteiger partial charge on any atom is 0.159 e. The van der Waals surface area contributed by atoms with Crippen molar-refractivity contribution in [2.24, 2.45) is 0 Å². The number of para-hydroxylation sites is 1. The summed E-state index contributed by atoms with van der Waals surface area (Å²) in [5.74, 6) is 0.797. The number of hydrogen-bond acceptors (Lipinski definition) is 2. The van der Waals surface area contributed by atoms with Crippen LogP contribution in [0.1, 0.15) is 34.0 Å². The lowest BCUT2D eigenvalue weighted by Gasteiger charge is -2.08. The van der Waals surface area contributed by atoms with Gasteiger partial charge in [-0.1, -0.05) is 78.9 Å². The molecule has 1 aromatic heterocycles. The Morgan fingerprint density at radius 3 is 2.18 bits per heavy atom. The molecule has 0 aliphatic rings. The largest absolute Gasteiger partial charge is 0.455 e. The van der Waals surface area contributed by atoms with Crippen molar-refractivity contribution in [2.75, 3.05) is 0 Å². The third-order valence-electron chi connectivity index (χ3n) is 4.92. The predicted octanol–water partition coefficient (Wildman–Crippen LogP) is 6.83. The first-order chi connectivity index (χ1) is 13.6. The molecule has 0 radical (unpaired) electrons. The second-order valence-electron chi connectivity index (χ2n) is 6.85. The Hall–Kier alpha value is -3.61. The zero-order chi connectivity index (χ0) is 19.7. The van der Waals surface area contributed by atoms with E-state index in [9.17, 15) is 4.79 Å². The van der Waals surface area contributed by atoms with Crippen molar-refractivity contribution < 1.29 is 9.21 Å². The highest BCUT2D eigenvalue weighted by atomic mass is 16.3. The SMILES string of the molecule is C=C=C(c1ccc(C)cc1)c1c(-c2ccc(C(C)=O)cc2)oc2ccccc12. The number of hydrogen-bond donors (Lipinski definition) is 0. The van der Waals surface area contributed by atoms with E-state index in [2.05, 4.69) is 43.5 Å². The second-order valence-corrected chi connectivity index (χ2v) is 6.85. The zero-order valence-corrected chi connectivity index (χ0v) is 16.0. The fraction of sp³-hybridized carbons (Fsp3) is 0.0769. The van der Waals surface area contributed by atoms with Crippen molar-refractivity contribution in [2.45, 2.75) is 13.8 Å². The molecular weight excluding hydrogens is 344 g/mol. The quantitative estimate of drug-likeness (QED) is 0.293. The highest BCUT2D eigenvalue weighted by Crippen LogP contribution is 2.40. The van der Waals surface area contributed by atoms with E-state index in [1.807, 2.05) is 48.5 Å². The first-order valence-electron chi connectivity index (χ1n) is 9.19. The molecule has 28 heavy (non-hydrogen) atoms. The number of fused-ring (bicyclic) bond motifs is 1. The molecule has 4 aromatic rings. The van der Waals surface area contributed by atoms with Crippen LogP contribution in [0.2, 0.25) is 0 Å². The average molecular weight is 364 g/mol. The van der Waals surface area contributed by atoms with Crippen molar-refractivity contribution in [3.63, 3.8) is 0 Å². The van der Waals surface area contributed by atoms with E-state index in [0.29, 0.717) is 5.56 Å². The van der Waals surface area contributed by atoms with Crippen LogP contribution in [0.15, 0.2) is 89.5 Å². The van der Waals surface area contributed by atoms with Crippen LogP contribution in [0, 0.1) is 6.92 Å². The van der Waals surface area contributed by atoms with Gasteiger partial charge < -0.3 is 4.42 Å². The minimum Gasteiger partial charge on any atom is -0.455 e. The van der Waals surface area contributed by atoms with Gasteiger partial charge in [0, 0.05) is 27.6 Å². The number of benzene rings is 3. The lowest BCUT2D eigenvalue weighted by molar-refractivity contribution is 0.101. The molecule has 136 valence electrons. The van der Waals surface area contributed by atoms with Gasteiger partial charge in [-0.25, -0.2) is 0 Å². The van der Waals surface area contributed by atoms with E-state index in [-0.39, 0.29) is 5.78 Å². The molecule has 0 saturated carbocycles. The normalized spacial score (nSPS) is 10.6. The number of furan rings is 1.